The summed E-state index contributed by atoms with van der Waals surface area (Å²) in [7, 11) is 0. The highest BCUT2D eigenvalue weighted by molar-refractivity contribution is 6.31. The summed E-state index contributed by atoms with van der Waals surface area (Å²) in [5.41, 5.74) is 3.13. The minimum Gasteiger partial charge on any atom is -0.278 e. The van der Waals surface area contributed by atoms with Gasteiger partial charge in [0.2, 0.25) is 0 Å². The number of allylic oxidation sites excluding steroid dienone is 2. The van der Waals surface area contributed by atoms with E-state index in [9.17, 15) is 5.26 Å². The minimum absolute atomic E-state index is 0.635. The molecule has 2 aromatic carbocycles. The summed E-state index contributed by atoms with van der Waals surface area (Å²) in [6.45, 7) is 0. The third kappa shape index (κ3) is 4.07. The fourth-order valence-corrected chi connectivity index (χ4v) is 3.24. The number of amidine groups is 1. The fraction of sp³-hybridized carbons (Fsp3) is 0. The van der Waals surface area contributed by atoms with E-state index in [0.29, 0.717) is 27.4 Å². The van der Waals surface area contributed by atoms with E-state index in [-0.39, 0.29) is 0 Å². The second-order valence-electron chi connectivity index (χ2n) is 6.20. The Balaban J connectivity index is 1.92. The molecule has 4 rings (SSSR count). The molecule has 3 aromatic rings. The Kier molecular flexibility index (Phi) is 5.44. The van der Waals surface area contributed by atoms with Crippen LogP contribution in [0.1, 0.15) is 11.1 Å². The van der Waals surface area contributed by atoms with Gasteiger partial charge in [0.05, 0.1) is 17.5 Å². The van der Waals surface area contributed by atoms with Gasteiger partial charge in [0.15, 0.2) is 0 Å². The Labute approximate surface area is 178 Å². The summed E-state index contributed by atoms with van der Waals surface area (Å²) in [5, 5.41) is 10.7. The highest BCUT2D eigenvalue weighted by Gasteiger charge is 2.25. The molecule has 0 unspecified atom stereocenters. The van der Waals surface area contributed by atoms with Crippen LogP contribution in [0.15, 0.2) is 95.8 Å². The van der Waals surface area contributed by atoms with Crippen LogP contribution in [0.5, 0.6) is 0 Å². The van der Waals surface area contributed by atoms with E-state index in [1.807, 2.05) is 77.7 Å². The van der Waals surface area contributed by atoms with E-state index in [1.54, 1.807) is 6.20 Å². The molecule has 6 heteroatoms. The Morgan fingerprint density at radius 3 is 2.10 bits per heavy atom. The first-order chi connectivity index (χ1) is 14.2. The second kappa shape index (κ2) is 8.32. The van der Waals surface area contributed by atoms with E-state index >= 15 is 0 Å². The van der Waals surface area contributed by atoms with Crippen LogP contribution in [0.25, 0.3) is 5.70 Å². The van der Waals surface area contributed by atoms with Crippen molar-refractivity contribution in [1.29, 1.82) is 5.26 Å². The van der Waals surface area contributed by atoms with Gasteiger partial charge in [-0.05, 0) is 54.6 Å². The van der Waals surface area contributed by atoms with Crippen LogP contribution < -0.4 is 4.90 Å². The van der Waals surface area contributed by atoms with Gasteiger partial charge in [0.1, 0.15) is 11.7 Å². The molecule has 4 nitrogen and oxygen atoms in total. The zero-order chi connectivity index (χ0) is 20.2. The zero-order valence-electron chi connectivity index (χ0n) is 15.1. The van der Waals surface area contributed by atoms with Gasteiger partial charge in [-0.25, -0.2) is 9.98 Å². The first kappa shape index (κ1) is 18.9. The van der Waals surface area contributed by atoms with Crippen LogP contribution >= 0.6 is 23.2 Å². The van der Waals surface area contributed by atoms with Crippen LogP contribution in [-0.4, -0.2) is 10.8 Å². The van der Waals surface area contributed by atoms with E-state index in [0.717, 1.165) is 16.8 Å². The van der Waals surface area contributed by atoms with Gasteiger partial charge in [-0.15, -0.1) is 0 Å². The molecule has 0 saturated carbocycles. The molecule has 2 heterocycles. The Morgan fingerprint density at radius 1 is 0.862 bits per heavy atom. The molecule has 29 heavy (non-hydrogen) atoms. The summed E-state index contributed by atoms with van der Waals surface area (Å²) < 4.78 is 0. The van der Waals surface area contributed by atoms with Crippen LogP contribution in [0, 0.1) is 11.3 Å². The highest BCUT2D eigenvalue weighted by atomic mass is 35.5. The van der Waals surface area contributed by atoms with E-state index in [2.05, 4.69) is 11.1 Å². The van der Waals surface area contributed by atoms with E-state index < -0.39 is 0 Å². The van der Waals surface area contributed by atoms with Gasteiger partial charge in [-0.3, -0.25) is 4.90 Å². The standard InChI is InChI=1S/C23H14Cl2N4/c24-18-8-4-16(5-9-18)21-15-20(12-13-26)29(22-3-1-2-14-27-22)23(28-21)17-6-10-19(25)11-7-17/h1-12,14-15H/b20-12+. The lowest BCUT2D eigenvalue weighted by molar-refractivity contribution is 1.14. The number of nitrogens with zero attached hydrogens (tertiary/aromatic N) is 4. The van der Waals surface area contributed by atoms with Crippen LogP contribution in [0.4, 0.5) is 5.82 Å². The van der Waals surface area contributed by atoms with Crippen molar-refractivity contribution in [2.24, 2.45) is 4.99 Å². The molecule has 0 saturated heterocycles. The Bertz CT molecular complexity index is 1160. The van der Waals surface area contributed by atoms with Gasteiger partial charge in [-0.1, -0.05) is 41.4 Å². The number of benzene rings is 2. The lowest BCUT2D eigenvalue weighted by Gasteiger charge is -2.30. The Hall–Kier alpha value is -3.39. The van der Waals surface area contributed by atoms with Gasteiger partial charge in [-0.2, -0.15) is 5.26 Å². The maximum Gasteiger partial charge on any atom is 0.146 e. The number of hydrogen-bond acceptors (Lipinski definition) is 4. The molecular formula is C23H14Cl2N4. The third-order valence-electron chi connectivity index (χ3n) is 4.31. The van der Waals surface area contributed by atoms with Gasteiger partial charge < -0.3 is 0 Å². The van der Waals surface area contributed by atoms with Crippen molar-refractivity contribution in [3.05, 3.63) is 112 Å². The van der Waals surface area contributed by atoms with Crippen molar-refractivity contribution in [2.45, 2.75) is 0 Å². The first-order valence-electron chi connectivity index (χ1n) is 8.79. The van der Waals surface area contributed by atoms with Gasteiger partial charge in [0, 0.05) is 33.4 Å². The molecule has 0 atom stereocenters. The van der Waals surface area contributed by atoms with Crippen molar-refractivity contribution < 1.29 is 0 Å². The van der Waals surface area contributed by atoms with Crippen molar-refractivity contribution in [1.82, 2.24) is 4.98 Å². The number of rotatable bonds is 3. The summed E-state index contributed by atoms with van der Waals surface area (Å²) in [6.07, 6.45) is 5.05. The van der Waals surface area contributed by atoms with Crippen molar-refractivity contribution in [3.63, 3.8) is 0 Å². The predicted molar refractivity (Wildman–Crippen MR) is 118 cm³/mol. The lowest BCUT2D eigenvalue weighted by atomic mass is 10.1. The first-order valence-corrected chi connectivity index (χ1v) is 9.54. The molecule has 0 aliphatic carbocycles. The quantitative estimate of drug-likeness (QED) is 0.484. The fourth-order valence-electron chi connectivity index (χ4n) is 2.98. The maximum atomic E-state index is 9.39. The average molecular weight is 417 g/mol. The zero-order valence-corrected chi connectivity index (χ0v) is 16.6. The minimum atomic E-state index is 0.635. The number of aliphatic imine (C=N–C) groups is 1. The molecule has 0 amide bonds. The molecule has 0 spiro atoms. The summed E-state index contributed by atoms with van der Waals surface area (Å²) >= 11 is 12.1. The topological polar surface area (TPSA) is 52.3 Å². The molecule has 0 radical (unpaired) electrons. The predicted octanol–water partition coefficient (Wildman–Crippen LogP) is 6.10. The second-order valence-corrected chi connectivity index (χ2v) is 7.07. The monoisotopic (exact) mass is 416 g/mol. The average Bonchev–Trinajstić information content (AvgIpc) is 2.75. The third-order valence-corrected chi connectivity index (χ3v) is 4.82. The van der Waals surface area contributed by atoms with E-state index in [4.69, 9.17) is 28.2 Å². The number of halogens is 2. The lowest BCUT2D eigenvalue weighted by Crippen LogP contribution is -2.33. The SMILES string of the molecule is N#C/C=C1\C=C(c2ccc(Cl)cc2)N=C(c2ccc(Cl)cc2)N1c1ccccn1. The van der Waals surface area contributed by atoms with Crippen LogP contribution in [0.3, 0.4) is 0 Å². The smallest absolute Gasteiger partial charge is 0.146 e. The Morgan fingerprint density at radius 2 is 1.52 bits per heavy atom. The summed E-state index contributed by atoms with van der Waals surface area (Å²) in [6, 6.07) is 22.6. The van der Waals surface area contributed by atoms with E-state index in [1.165, 1.54) is 6.08 Å². The molecule has 1 aliphatic heterocycles. The molecule has 0 bridgehead atoms. The van der Waals surface area contributed by atoms with Gasteiger partial charge >= 0.3 is 0 Å². The summed E-state index contributed by atoms with van der Waals surface area (Å²) in [5.74, 6) is 1.31. The number of hydrogen-bond donors (Lipinski definition) is 0. The van der Waals surface area contributed by atoms with Crippen molar-refractivity contribution >= 4 is 40.6 Å². The largest absolute Gasteiger partial charge is 0.278 e. The number of nitriles is 1. The number of aromatic nitrogens is 1. The normalized spacial score (nSPS) is 14.9. The highest BCUT2D eigenvalue weighted by Crippen LogP contribution is 2.31. The van der Waals surface area contributed by atoms with Gasteiger partial charge in [0.25, 0.3) is 0 Å². The van der Waals surface area contributed by atoms with Crippen molar-refractivity contribution in [3.8, 4) is 6.07 Å². The van der Waals surface area contributed by atoms with Crippen LogP contribution in [-0.2, 0) is 0 Å². The summed E-state index contributed by atoms with van der Waals surface area (Å²) in [4.78, 5) is 11.2. The van der Waals surface area contributed by atoms with Crippen LogP contribution in [0.2, 0.25) is 10.0 Å². The molecule has 0 fully saturated rings. The number of anilines is 1. The molecule has 1 aromatic heterocycles. The molecule has 1 aliphatic rings. The maximum absolute atomic E-state index is 9.39. The number of pyridine rings is 1. The van der Waals surface area contributed by atoms with Crippen molar-refractivity contribution in [2.75, 3.05) is 4.90 Å². The molecular weight excluding hydrogens is 403 g/mol. The molecule has 0 N–H and O–H groups in total. The molecule has 140 valence electrons.